The molecule has 150 valence electrons. The standard InChI is InChI=1S/C25H23FN4/c26-21-9-3-1-7-18(21)16-30-17-19(20-8-2-6-12-24(20)30)15-27-14-13-25-28-22-10-4-5-11-23(22)29-25/h1-12,17,27H,13-16H2,(H,28,29). The van der Waals surface area contributed by atoms with Gasteiger partial charge in [-0.1, -0.05) is 48.5 Å². The van der Waals surface area contributed by atoms with Crippen LogP contribution in [0.4, 0.5) is 4.39 Å². The van der Waals surface area contributed by atoms with Gasteiger partial charge in [0, 0.05) is 42.2 Å². The molecule has 0 radical (unpaired) electrons. The van der Waals surface area contributed by atoms with Gasteiger partial charge in [0.2, 0.25) is 0 Å². The second-order valence-corrected chi connectivity index (χ2v) is 7.52. The Balaban J connectivity index is 1.29. The van der Waals surface area contributed by atoms with Crippen molar-refractivity contribution in [2.75, 3.05) is 6.54 Å². The minimum absolute atomic E-state index is 0.166. The Labute approximate surface area is 174 Å². The van der Waals surface area contributed by atoms with Gasteiger partial charge in [-0.05, 0) is 29.8 Å². The van der Waals surface area contributed by atoms with Gasteiger partial charge in [0.15, 0.2) is 0 Å². The molecule has 3 aromatic carbocycles. The lowest BCUT2D eigenvalue weighted by Crippen LogP contribution is -2.17. The Kier molecular flexibility index (Phi) is 5.03. The van der Waals surface area contributed by atoms with Crippen molar-refractivity contribution in [1.29, 1.82) is 0 Å². The van der Waals surface area contributed by atoms with Crippen LogP contribution in [0.15, 0.2) is 79.0 Å². The largest absolute Gasteiger partial charge is 0.343 e. The number of nitrogens with one attached hydrogen (secondary N) is 2. The lowest BCUT2D eigenvalue weighted by Gasteiger charge is -2.06. The highest BCUT2D eigenvalue weighted by molar-refractivity contribution is 5.84. The minimum Gasteiger partial charge on any atom is -0.343 e. The number of fused-ring (bicyclic) bond motifs is 2. The van der Waals surface area contributed by atoms with Crippen LogP contribution in [0.1, 0.15) is 17.0 Å². The minimum atomic E-state index is -0.166. The van der Waals surface area contributed by atoms with Crippen LogP contribution < -0.4 is 5.32 Å². The SMILES string of the molecule is Fc1ccccc1Cn1cc(CNCCc2nc3ccccc3[nH]2)c2ccccc21. The number of rotatable bonds is 7. The van der Waals surface area contributed by atoms with Gasteiger partial charge >= 0.3 is 0 Å². The lowest BCUT2D eigenvalue weighted by atomic mass is 10.2. The van der Waals surface area contributed by atoms with Crippen molar-refractivity contribution in [3.8, 4) is 0 Å². The highest BCUT2D eigenvalue weighted by Gasteiger charge is 2.10. The van der Waals surface area contributed by atoms with Crippen LogP contribution >= 0.6 is 0 Å². The first kappa shape index (κ1) is 18.6. The second-order valence-electron chi connectivity index (χ2n) is 7.52. The summed E-state index contributed by atoms with van der Waals surface area (Å²) in [6.45, 7) is 2.10. The molecule has 0 fully saturated rings. The number of imidazole rings is 1. The summed E-state index contributed by atoms with van der Waals surface area (Å²) in [4.78, 5) is 8.00. The van der Waals surface area contributed by atoms with E-state index in [4.69, 9.17) is 0 Å². The van der Waals surface area contributed by atoms with Gasteiger partial charge in [-0.15, -0.1) is 0 Å². The molecule has 5 aromatic rings. The second kappa shape index (κ2) is 8.13. The molecule has 2 heterocycles. The molecule has 4 nitrogen and oxygen atoms in total. The number of nitrogens with zero attached hydrogens (tertiary/aromatic N) is 2. The predicted molar refractivity (Wildman–Crippen MR) is 119 cm³/mol. The molecule has 0 unspecified atom stereocenters. The molecule has 0 bridgehead atoms. The topological polar surface area (TPSA) is 45.6 Å². The van der Waals surface area contributed by atoms with Gasteiger partial charge in [0.1, 0.15) is 11.6 Å². The molecule has 0 aliphatic carbocycles. The number of hydrogen-bond donors (Lipinski definition) is 2. The molecule has 0 amide bonds. The summed E-state index contributed by atoms with van der Waals surface area (Å²) < 4.78 is 16.3. The molecule has 0 atom stereocenters. The van der Waals surface area contributed by atoms with E-state index >= 15 is 0 Å². The van der Waals surface area contributed by atoms with Gasteiger partial charge in [0.25, 0.3) is 0 Å². The monoisotopic (exact) mass is 398 g/mol. The molecule has 5 rings (SSSR count). The van der Waals surface area contributed by atoms with Gasteiger partial charge in [-0.25, -0.2) is 9.37 Å². The third-order valence-corrected chi connectivity index (χ3v) is 5.46. The Hall–Kier alpha value is -3.44. The summed E-state index contributed by atoms with van der Waals surface area (Å²) in [5, 5.41) is 4.73. The summed E-state index contributed by atoms with van der Waals surface area (Å²) in [6.07, 6.45) is 2.97. The predicted octanol–water partition coefficient (Wildman–Crippen LogP) is 5.04. The van der Waals surface area contributed by atoms with E-state index in [0.29, 0.717) is 12.1 Å². The summed E-state index contributed by atoms with van der Waals surface area (Å²) >= 11 is 0. The van der Waals surface area contributed by atoms with E-state index in [9.17, 15) is 4.39 Å². The first-order chi connectivity index (χ1) is 14.8. The zero-order valence-electron chi connectivity index (χ0n) is 16.6. The molecule has 0 saturated carbocycles. The third-order valence-electron chi connectivity index (χ3n) is 5.46. The van der Waals surface area contributed by atoms with Crippen LogP contribution in [0.5, 0.6) is 0 Å². The zero-order valence-corrected chi connectivity index (χ0v) is 16.6. The average molecular weight is 398 g/mol. The van der Waals surface area contributed by atoms with E-state index in [-0.39, 0.29) is 5.82 Å². The van der Waals surface area contributed by atoms with Crippen molar-refractivity contribution in [3.05, 3.63) is 102 Å². The van der Waals surface area contributed by atoms with Crippen LogP contribution in [-0.4, -0.2) is 21.1 Å². The molecular weight excluding hydrogens is 375 g/mol. The smallest absolute Gasteiger partial charge is 0.128 e. The summed E-state index contributed by atoms with van der Waals surface area (Å²) in [5.74, 6) is 0.825. The van der Waals surface area contributed by atoms with Gasteiger partial charge < -0.3 is 14.9 Å². The van der Waals surface area contributed by atoms with Crippen molar-refractivity contribution in [2.45, 2.75) is 19.5 Å². The van der Waals surface area contributed by atoms with Crippen LogP contribution in [0, 0.1) is 5.82 Å². The summed E-state index contributed by atoms with van der Waals surface area (Å²) in [5.41, 5.74) is 5.11. The highest BCUT2D eigenvalue weighted by Crippen LogP contribution is 2.23. The van der Waals surface area contributed by atoms with E-state index in [0.717, 1.165) is 41.9 Å². The molecule has 2 N–H and O–H groups in total. The van der Waals surface area contributed by atoms with E-state index in [1.165, 1.54) is 17.0 Å². The molecule has 2 aromatic heterocycles. The number of halogens is 1. The molecular formula is C25H23FN4. The first-order valence-electron chi connectivity index (χ1n) is 10.2. The molecule has 5 heteroatoms. The summed E-state index contributed by atoms with van der Waals surface area (Å²) in [6, 6.07) is 23.3. The molecule has 0 aliphatic rings. The number of aromatic nitrogens is 3. The zero-order chi connectivity index (χ0) is 20.3. The van der Waals surface area contributed by atoms with Crippen molar-refractivity contribution < 1.29 is 4.39 Å². The van der Waals surface area contributed by atoms with Gasteiger partial charge in [-0.2, -0.15) is 0 Å². The van der Waals surface area contributed by atoms with E-state index < -0.39 is 0 Å². The number of H-pyrrole nitrogens is 1. The fraction of sp³-hybridized carbons (Fsp3) is 0.160. The Morgan fingerprint density at radius 2 is 1.70 bits per heavy atom. The number of benzene rings is 3. The maximum Gasteiger partial charge on any atom is 0.128 e. The Morgan fingerprint density at radius 3 is 2.60 bits per heavy atom. The van der Waals surface area contributed by atoms with E-state index in [2.05, 4.69) is 38.2 Å². The van der Waals surface area contributed by atoms with Crippen LogP contribution in [-0.2, 0) is 19.5 Å². The van der Waals surface area contributed by atoms with E-state index in [1.807, 2.05) is 48.5 Å². The van der Waals surface area contributed by atoms with Crippen LogP contribution in [0.25, 0.3) is 21.9 Å². The Morgan fingerprint density at radius 1 is 0.900 bits per heavy atom. The van der Waals surface area contributed by atoms with Crippen LogP contribution in [0.2, 0.25) is 0 Å². The first-order valence-corrected chi connectivity index (χ1v) is 10.2. The van der Waals surface area contributed by atoms with Crippen molar-refractivity contribution >= 4 is 21.9 Å². The van der Waals surface area contributed by atoms with E-state index in [1.54, 1.807) is 6.07 Å². The van der Waals surface area contributed by atoms with Gasteiger partial charge in [-0.3, -0.25) is 0 Å². The number of aromatic amines is 1. The molecule has 0 aliphatic heterocycles. The summed E-state index contributed by atoms with van der Waals surface area (Å²) in [7, 11) is 0. The maximum atomic E-state index is 14.1. The maximum absolute atomic E-state index is 14.1. The highest BCUT2D eigenvalue weighted by atomic mass is 19.1. The Bertz CT molecular complexity index is 1270. The van der Waals surface area contributed by atoms with Crippen molar-refractivity contribution in [3.63, 3.8) is 0 Å². The fourth-order valence-electron chi connectivity index (χ4n) is 3.96. The number of hydrogen-bond acceptors (Lipinski definition) is 2. The average Bonchev–Trinajstić information content (AvgIpc) is 3.34. The fourth-order valence-corrected chi connectivity index (χ4v) is 3.96. The van der Waals surface area contributed by atoms with Crippen LogP contribution in [0.3, 0.4) is 0 Å². The van der Waals surface area contributed by atoms with Crippen molar-refractivity contribution in [2.24, 2.45) is 0 Å². The third kappa shape index (κ3) is 3.72. The molecule has 0 saturated heterocycles. The number of para-hydroxylation sites is 3. The van der Waals surface area contributed by atoms with Gasteiger partial charge in [0.05, 0.1) is 17.6 Å². The molecule has 30 heavy (non-hydrogen) atoms. The van der Waals surface area contributed by atoms with Crippen molar-refractivity contribution in [1.82, 2.24) is 19.9 Å². The quantitative estimate of drug-likeness (QED) is 0.378. The molecule has 0 spiro atoms. The normalized spacial score (nSPS) is 11.5. The lowest BCUT2D eigenvalue weighted by molar-refractivity contribution is 0.601.